The van der Waals surface area contributed by atoms with Crippen LogP contribution in [0.2, 0.25) is 5.02 Å². The highest BCUT2D eigenvalue weighted by molar-refractivity contribution is 6.33. The summed E-state index contributed by atoms with van der Waals surface area (Å²) in [6, 6.07) is 10.6. The average Bonchev–Trinajstić information content (AvgIpc) is 4.12. The number of nitrogens with one attached hydrogen (secondary N) is 3. The molecule has 8 heterocycles. The van der Waals surface area contributed by atoms with Crippen molar-refractivity contribution in [1.29, 1.82) is 0 Å². The lowest BCUT2D eigenvalue weighted by Gasteiger charge is -2.47. The molecule has 11 rings (SSSR count). The van der Waals surface area contributed by atoms with Crippen molar-refractivity contribution in [3.8, 4) is 5.75 Å². The van der Waals surface area contributed by atoms with Crippen LogP contribution in [0.25, 0.3) is 21.8 Å². The summed E-state index contributed by atoms with van der Waals surface area (Å²) in [5.74, 6) is -2.60. The van der Waals surface area contributed by atoms with Crippen molar-refractivity contribution < 1.29 is 23.1 Å². The first-order chi connectivity index (χ1) is 31.8. The molecule has 5 aromatic rings. The number of carbonyl (C=O) groups is 2. The number of likely N-dealkylation sites (tertiary alicyclic amines) is 1. The fraction of sp³-hybridized carbons (Fsp3) is 0.542. The summed E-state index contributed by atoms with van der Waals surface area (Å²) in [6.45, 7) is 6.15. The van der Waals surface area contributed by atoms with Gasteiger partial charge < -0.3 is 34.6 Å². The molecule has 5 fully saturated rings. The van der Waals surface area contributed by atoms with E-state index in [1.54, 1.807) is 19.3 Å². The zero-order chi connectivity index (χ0) is 45.5. The highest BCUT2D eigenvalue weighted by atomic mass is 35.5. The van der Waals surface area contributed by atoms with Gasteiger partial charge in [0.05, 0.1) is 46.3 Å². The molecular formula is C48H56ClF2N11O4. The van der Waals surface area contributed by atoms with Gasteiger partial charge in [-0.2, -0.15) is 10.1 Å². The largest absolute Gasteiger partial charge is 0.480 e. The second-order valence-corrected chi connectivity index (χ2v) is 20.1. The number of rotatable bonds is 8. The number of halogens is 3. The Morgan fingerprint density at radius 1 is 0.909 bits per heavy atom. The van der Waals surface area contributed by atoms with Crippen LogP contribution in [-0.4, -0.2) is 105 Å². The molecule has 15 nitrogen and oxygen atoms in total. The van der Waals surface area contributed by atoms with Crippen LogP contribution in [0.5, 0.6) is 5.75 Å². The van der Waals surface area contributed by atoms with Gasteiger partial charge in [0.25, 0.3) is 5.56 Å². The first-order valence-corrected chi connectivity index (χ1v) is 24.0. The van der Waals surface area contributed by atoms with E-state index in [1.165, 1.54) is 17.4 Å². The van der Waals surface area contributed by atoms with Gasteiger partial charge in [-0.05, 0) is 112 Å². The Labute approximate surface area is 386 Å². The number of anilines is 5. The number of benzene rings is 2. The molecule has 2 aromatic carbocycles. The molecule has 1 saturated carbocycles. The Kier molecular flexibility index (Phi) is 10.9. The number of nitrogens with zero attached hydrogens (tertiary/aromatic N) is 8. The van der Waals surface area contributed by atoms with E-state index in [0.29, 0.717) is 70.4 Å². The van der Waals surface area contributed by atoms with E-state index in [9.17, 15) is 14.4 Å². The molecule has 1 unspecified atom stereocenters. The lowest BCUT2D eigenvalue weighted by atomic mass is 9.71. The maximum Gasteiger partial charge on any atom is 0.301 e. The fourth-order valence-electron chi connectivity index (χ4n) is 11.4. The third-order valence-corrected chi connectivity index (χ3v) is 15.8. The van der Waals surface area contributed by atoms with E-state index in [-0.39, 0.29) is 29.2 Å². The number of fused-ring (bicyclic) bond motifs is 4. The minimum Gasteiger partial charge on any atom is -0.480 e. The van der Waals surface area contributed by atoms with Crippen molar-refractivity contribution in [1.82, 2.24) is 34.5 Å². The number of alkyl halides is 2. The number of hydrogen-bond donors (Lipinski definition) is 3. The summed E-state index contributed by atoms with van der Waals surface area (Å²) < 4.78 is 39.3. The maximum atomic E-state index is 15.2. The van der Waals surface area contributed by atoms with Crippen LogP contribution in [0.1, 0.15) is 75.8 Å². The number of ether oxygens (including phenoxy) is 1. The normalized spacial score (nSPS) is 23.7. The van der Waals surface area contributed by atoms with Gasteiger partial charge in [-0.1, -0.05) is 23.7 Å². The van der Waals surface area contributed by atoms with Crippen molar-refractivity contribution in [3.05, 3.63) is 63.7 Å². The molecule has 1 aliphatic carbocycles. The number of para-hydroxylation sites is 1. The average molecular weight is 924 g/mol. The van der Waals surface area contributed by atoms with Crippen molar-refractivity contribution in [2.75, 3.05) is 72.9 Å². The van der Waals surface area contributed by atoms with Gasteiger partial charge >= 0.3 is 5.92 Å². The quantitative estimate of drug-likeness (QED) is 0.138. The number of aryl methyl sites for hydroxylation is 2. The van der Waals surface area contributed by atoms with E-state index >= 15 is 8.78 Å². The molecule has 66 heavy (non-hydrogen) atoms. The van der Waals surface area contributed by atoms with Gasteiger partial charge in [0.2, 0.25) is 23.5 Å². The minimum absolute atomic E-state index is 0.0976. The van der Waals surface area contributed by atoms with Gasteiger partial charge in [-0.25, -0.2) is 13.8 Å². The summed E-state index contributed by atoms with van der Waals surface area (Å²) in [5.41, 5.74) is 4.30. The number of imide groups is 1. The molecule has 5 aliphatic heterocycles. The van der Waals surface area contributed by atoms with Crippen LogP contribution < -0.4 is 36.0 Å². The smallest absolute Gasteiger partial charge is 0.301 e. The molecular weight excluding hydrogens is 868 g/mol. The maximum absolute atomic E-state index is 15.2. The van der Waals surface area contributed by atoms with E-state index in [0.717, 1.165) is 93.8 Å². The molecule has 348 valence electrons. The van der Waals surface area contributed by atoms with Crippen LogP contribution >= 0.6 is 11.6 Å². The lowest BCUT2D eigenvalue weighted by Crippen LogP contribution is -2.48. The van der Waals surface area contributed by atoms with Crippen molar-refractivity contribution in [2.45, 2.75) is 82.1 Å². The zero-order valence-corrected chi connectivity index (χ0v) is 38.2. The Bertz CT molecular complexity index is 2790. The van der Waals surface area contributed by atoms with Crippen molar-refractivity contribution in [3.63, 3.8) is 0 Å². The number of carbonyl (C=O) groups excluding carboxylic acids is 2. The summed E-state index contributed by atoms with van der Waals surface area (Å²) in [7, 11) is 3.56. The molecule has 1 spiro atoms. The third-order valence-electron chi connectivity index (χ3n) is 15.5. The van der Waals surface area contributed by atoms with Crippen LogP contribution in [0.3, 0.4) is 0 Å². The lowest BCUT2D eigenvalue weighted by molar-refractivity contribution is -0.134. The monoisotopic (exact) mass is 923 g/mol. The molecule has 2 amide bonds. The first kappa shape index (κ1) is 43.0. The number of hydrogen-bond acceptors (Lipinski definition) is 12. The molecule has 6 aliphatic rings. The molecule has 2 atom stereocenters. The van der Waals surface area contributed by atoms with E-state index in [4.69, 9.17) is 26.4 Å². The first-order valence-electron chi connectivity index (χ1n) is 23.6. The number of amides is 2. The summed E-state index contributed by atoms with van der Waals surface area (Å²) >= 11 is 6.68. The Morgan fingerprint density at radius 2 is 1.67 bits per heavy atom. The second kappa shape index (κ2) is 16.6. The predicted octanol–water partition coefficient (Wildman–Crippen LogP) is 6.95. The topological polar surface area (TPSA) is 155 Å². The standard InChI is InChI=1S/C48H56ClF2N11O4/c1-58-35-10-8-30(24-33(35)39-41(45(58)65)66-27-48(50,51)42(55-39)29-6-7-29)53-43-34(49)25-52-46(56-43)62-22-16-47(17-23-62)14-20-60(21-15-47)26-28-12-18-61(19-13-28)36-5-3-4-31-38(57-59(2)40(31)36)32-9-11-37(63)54-44(32)64/h3-5,8,10,24-25,28-29,32,42,55H,6-7,9,11-23,26-27H2,1-2H3,(H,52,53,56)(H,54,63,64)/t32?,42-/m0/s1. The number of pyridine rings is 1. The zero-order valence-electron chi connectivity index (χ0n) is 37.4. The SMILES string of the molecule is Cn1nc(C2CCC(=O)NC2=O)c2cccc(N3CCC(CN4CCC5(CC4)CCN(c4ncc(Cl)c(Nc6ccc7c(c6)c6c(c(=O)n7C)OCC(F)(F)[C@H](C7CC7)N6)n4)CC5)CC3)c21. The van der Waals surface area contributed by atoms with E-state index in [2.05, 4.69) is 47.8 Å². The summed E-state index contributed by atoms with van der Waals surface area (Å²) in [5, 5.41) is 15.6. The van der Waals surface area contributed by atoms with E-state index < -0.39 is 30.0 Å². The molecule has 0 radical (unpaired) electrons. The van der Waals surface area contributed by atoms with Crippen molar-refractivity contribution in [2.24, 2.45) is 31.3 Å². The summed E-state index contributed by atoms with van der Waals surface area (Å²) in [6.07, 6.45) is 10.6. The Morgan fingerprint density at radius 3 is 2.41 bits per heavy atom. The predicted molar refractivity (Wildman–Crippen MR) is 250 cm³/mol. The molecule has 3 N–H and O–H groups in total. The van der Waals surface area contributed by atoms with Crippen LogP contribution in [0.4, 0.5) is 37.6 Å². The van der Waals surface area contributed by atoms with Gasteiger partial charge in [0, 0.05) is 69.7 Å². The molecule has 3 aromatic heterocycles. The highest BCUT2D eigenvalue weighted by Crippen LogP contribution is 2.47. The summed E-state index contributed by atoms with van der Waals surface area (Å²) in [4.78, 5) is 54.7. The van der Waals surface area contributed by atoms with Crippen LogP contribution in [0, 0.1) is 17.3 Å². The van der Waals surface area contributed by atoms with Crippen molar-refractivity contribution >= 4 is 74.0 Å². The minimum atomic E-state index is -3.13. The fourth-order valence-corrected chi connectivity index (χ4v) is 11.6. The van der Waals surface area contributed by atoms with Crippen LogP contribution in [0.15, 0.2) is 47.4 Å². The number of aromatic nitrogens is 5. The van der Waals surface area contributed by atoms with Gasteiger partial charge in [0.1, 0.15) is 5.02 Å². The van der Waals surface area contributed by atoms with Gasteiger partial charge in [-0.3, -0.25) is 24.4 Å². The Hall–Kier alpha value is -5.55. The number of piperidine rings is 4. The van der Waals surface area contributed by atoms with Crippen LogP contribution in [-0.2, 0) is 23.7 Å². The van der Waals surface area contributed by atoms with E-state index in [1.807, 2.05) is 29.9 Å². The van der Waals surface area contributed by atoms with Gasteiger partial charge in [-0.15, -0.1) is 0 Å². The van der Waals surface area contributed by atoms with Gasteiger partial charge in [0.15, 0.2) is 12.4 Å². The third kappa shape index (κ3) is 7.88. The molecule has 18 heteroatoms. The molecule has 0 bridgehead atoms. The highest BCUT2D eigenvalue weighted by Gasteiger charge is 2.51. The molecule has 4 saturated heterocycles. The second-order valence-electron chi connectivity index (χ2n) is 19.7. The Balaban J connectivity index is 0.696.